The average Bonchev–Trinajstić information content (AvgIpc) is 2.84. The van der Waals surface area contributed by atoms with E-state index in [0.717, 1.165) is 51.4 Å². The molecule has 9 nitrogen and oxygen atoms in total. The van der Waals surface area contributed by atoms with Crippen molar-refractivity contribution in [2.45, 2.75) is 168 Å². The molecule has 0 aromatic carbocycles. The van der Waals surface area contributed by atoms with E-state index < -0.39 is 27.6 Å². The van der Waals surface area contributed by atoms with Crippen molar-refractivity contribution in [3.63, 3.8) is 0 Å². The van der Waals surface area contributed by atoms with E-state index in [4.69, 9.17) is 9.79 Å². The van der Waals surface area contributed by atoms with Crippen LogP contribution >= 0.6 is 15.6 Å². The third-order valence-corrected chi connectivity index (χ3v) is 9.11. The molecule has 0 atom stereocenters. The molecule has 0 unspecified atom stereocenters. The van der Waals surface area contributed by atoms with E-state index in [1.165, 1.54) is 77.0 Å². The van der Waals surface area contributed by atoms with Gasteiger partial charge in [-0.3, -0.25) is 9.59 Å². The van der Waals surface area contributed by atoms with Gasteiger partial charge < -0.3 is 18.8 Å². The highest BCUT2D eigenvalue weighted by molar-refractivity contribution is 7.61. The summed E-state index contributed by atoms with van der Waals surface area (Å²) < 4.78 is 37.3. The van der Waals surface area contributed by atoms with E-state index in [1.54, 1.807) is 0 Å². The summed E-state index contributed by atoms with van der Waals surface area (Å²) in [6.45, 7) is 4.40. The van der Waals surface area contributed by atoms with E-state index in [2.05, 4.69) is 27.2 Å². The summed E-state index contributed by atoms with van der Waals surface area (Å²) in [6.07, 6.45) is 23.7. The molecule has 0 radical (unpaired) electrons. The van der Waals surface area contributed by atoms with Crippen LogP contribution in [0, 0.1) is 0 Å². The Labute approximate surface area is 237 Å². The molecule has 0 bridgehead atoms. The molecular weight excluding hydrogens is 542 g/mol. The predicted octanol–water partition coefficient (Wildman–Crippen LogP) is 9.69. The fourth-order valence-electron chi connectivity index (χ4n) is 4.39. The van der Waals surface area contributed by atoms with Crippen LogP contribution in [0.4, 0.5) is 0 Å². The quantitative estimate of drug-likeness (QED) is 0.0666. The first-order valence-electron chi connectivity index (χ1n) is 15.4. The number of phosphoric ester groups is 1. The number of rotatable bonds is 28. The van der Waals surface area contributed by atoms with Crippen molar-refractivity contribution >= 4 is 27.6 Å². The fraction of sp³-hybridized carbons (Fsp3) is 0.929. The van der Waals surface area contributed by atoms with Gasteiger partial charge in [-0.2, -0.15) is 4.31 Å². The Morgan fingerprint density at radius 2 is 0.744 bits per heavy atom. The molecule has 0 rings (SSSR count). The zero-order chi connectivity index (χ0) is 29.2. The SMILES string of the molecule is CCCCCCCCCCCCCC(=O)OP(=O)(OC(=O)CCCCCCCCCCCCC)OP(=O)(O)O. The first-order chi connectivity index (χ1) is 18.6. The zero-order valence-electron chi connectivity index (χ0n) is 24.6. The van der Waals surface area contributed by atoms with Gasteiger partial charge in [0.15, 0.2) is 0 Å². The van der Waals surface area contributed by atoms with Gasteiger partial charge in [0.2, 0.25) is 0 Å². The maximum absolute atomic E-state index is 12.7. The highest BCUT2D eigenvalue weighted by Gasteiger charge is 2.42. The first kappa shape index (κ1) is 38.3. The second-order valence-corrected chi connectivity index (χ2v) is 13.4. The lowest BCUT2D eigenvalue weighted by atomic mass is 10.1. The summed E-state index contributed by atoms with van der Waals surface area (Å²) in [6, 6.07) is 0. The molecule has 232 valence electrons. The van der Waals surface area contributed by atoms with E-state index >= 15 is 0 Å². The van der Waals surface area contributed by atoms with Crippen molar-refractivity contribution in [1.29, 1.82) is 0 Å². The molecule has 0 aromatic rings. The number of carbonyl (C=O) groups excluding carboxylic acids is 2. The normalized spacial score (nSPS) is 12.0. The van der Waals surface area contributed by atoms with Crippen LogP contribution in [-0.2, 0) is 32.1 Å². The summed E-state index contributed by atoms with van der Waals surface area (Å²) >= 11 is 0. The lowest BCUT2D eigenvalue weighted by molar-refractivity contribution is -0.140. The number of carbonyl (C=O) groups is 2. The summed E-state index contributed by atoms with van der Waals surface area (Å²) in [5.74, 6) is -1.96. The van der Waals surface area contributed by atoms with Crippen molar-refractivity contribution in [2.75, 3.05) is 0 Å². The van der Waals surface area contributed by atoms with Gasteiger partial charge in [0.1, 0.15) is 0 Å². The molecule has 0 spiro atoms. The van der Waals surface area contributed by atoms with Crippen LogP contribution < -0.4 is 0 Å². The first-order valence-corrected chi connectivity index (χ1v) is 18.4. The maximum Gasteiger partial charge on any atom is 0.601 e. The van der Waals surface area contributed by atoms with Crippen molar-refractivity contribution in [3.05, 3.63) is 0 Å². The topological polar surface area (TPSA) is 136 Å². The molecule has 39 heavy (non-hydrogen) atoms. The van der Waals surface area contributed by atoms with Crippen LogP contribution in [0.3, 0.4) is 0 Å². The van der Waals surface area contributed by atoms with Crippen LogP contribution in [-0.4, -0.2) is 21.7 Å². The Balaban J connectivity index is 4.15. The molecule has 2 N–H and O–H groups in total. The summed E-state index contributed by atoms with van der Waals surface area (Å²) in [4.78, 5) is 42.4. The van der Waals surface area contributed by atoms with Crippen LogP contribution in [0.2, 0.25) is 0 Å². The number of unbranched alkanes of at least 4 members (excludes halogenated alkanes) is 20. The van der Waals surface area contributed by atoms with Crippen molar-refractivity contribution in [2.24, 2.45) is 0 Å². The molecule has 0 aliphatic rings. The Bertz CT molecular complexity index is 665. The van der Waals surface area contributed by atoms with Crippen molar-refractivity contribution in [3.8, 4) is 0 Å². The average molecular weight is 599 g/mol. The molecule has 0 heterocycles. The van der Waals surface area contributed by atoms with E-state index in [1.807, 2.05) is 0 Å². The Morgan fingerprint density at radius 1 is 0.487 bits per heavy atom. The minimum atomic E-state index is -5.33. The van der Waals surface area contributed by atoms with Gasteiger partial charge >= 0.3 is 27.6 Å². The third-order valence-electron chi connectivity index (χ3n) is 6.60. The third kappa shape index (κ3) is 27.2. The van der Waals surface area contributed by atoms with E-state index in [-0.39, 0.29) is 12.8 Å². The number of hydrogen-bond donors (Lipinski definition) is 2. The van der Waals surface area contributed by atoms with Gasteiger partial charge in [0.05, 0.1) is 0 Å². The highest BCUT2D eigenvalue weighted by Crippen LogP contribution is 2.61. The lowest BCUT2D eigenvalue weighted by Gasteiger charge is -2.17. The minimum absolute atomic E-state index is 0.109. The van der Waals surface area contributed by atoms with Gasteiger partial charge in [-0.15, -0.1) is 0 Å². The van der Waals surface area contributed by atoms with E-state index in [0.29, 0.717) is 12.8 Å². The van der Waals surface area contributed by atoms with Gasteiger partial charge in [-0.25, -0.2) is 9.13 Å². The van der Waals surface area contributed by atoms with Crippen LogP contribution in [0.15, 0.2) is 0 Å². The predicted molar refractivity (Wildman–Crippen MR) is 155 cm³/mol. The Hall–Kier alpha value is -0.720. The molecule has 0 aliphatic carbocycles. The fourth-order valence-corrected chi connectivity index (χ4v) is 6.42. The largest absolute Gasteiger partial charge is 0.601 e. The monoisotopic (exact) mass is 598 g/mol. The molecule has 0 amide bonds. The van der Waals surface area contributed by atoms with Gasteiger partial charge in [0.25, 0.3) is 0 Å². The van der Waals surface area contributed by atoms with Crippen molar-refractivity contribution < 1.29 is 41.9 Å². The standard InChI is InChI=1S/C28H56O9P2/c1-3-5-7-9-11-13-15-17-19-21-23-25-27(29)35-39(34,37-38(31,32)33)36-28(30)26-24-22-20-18-16-14-12-10-8-6-4-2/h3-26H2,1-2H3,(H2,31,32,33). The van der Waals surface area contributed by atoms with Gasteiger partial charge in [-0.1, -0.05) is 142 Å². The van der Waals surface area contributed by atoms with Gasteiger partial charge in [0, 0.05) is 12.8 Å². The summed E-state index contributed by atoms with van der Waals surface area (Å²) in [7, 11) is -10.4. The second-order valence-electron chi connectivity index (χ2n) is 10.5. The molecule has 0 aromatic heterocycles. The molecule has 0 aliphatic heterocycles. The molecule has 0 saturated carbocycles. The highest BCUT2D eigenvalue weighted by atomic mass is 31.3. The Kier molecular flexibility index (Phi) is 24.6. The van der Waals surface area contributed by atoms with Crippen molar-refractivity contribution in [1.82, 2.24) is 0 Å². The maximum atomic E-state index is 12.7. The van der Waals surface area contributed by atoms with Gasteiger partial charge in [-0.05, 0) is 12.8 Å². The smallest absolute Gasteiger partial charge is 0.361 e. The zero-order valence-corrected chi connectivity index (χ0v) is 26.4. The molecular formula is C28H56O9P2. The Morgan fingerprint density at radius 3 is 1.00 bits per heavy atom. The summed E-state index contributed by atoms with van der Waals surface area (Å²) in [5.41, 5.74) is 0. The lowest BCUT2D eigenvalue weighted by Crippen LogP contribution is -2.10. The summed E-state index contributed by atoms with van der Waals surface area (Å²) in [5, 5.41) is 0. The molecule has 0 saturated heterocycles. The molecule has 11 heteroatoms. The van der Waals surface area contributed by atoms with Crippen LogP contribution in [0.5, 0.6) is 0 Å². The molecule has 0 fully saturated rings. The number of hydrogen-bond acceptors (Lipinski definition) is 7. The van der Waals surface area contributed by atoms with E-state index in [9.17, 15) is 18.7 Å². The minimum Gasteiger partial charge on any atom is -0.361 e. The second kappa shape index (κ2) is 25.0. The van der Waals surface area contributed by atoms with Crippen LogP contribution in [0.1, 0.15) is 168 Å². The van der Waals surface area contributed by atoms with Crippen LogP contribution in [0.25, 0.3) is 0 Å². The number of phosphoric acid groups is 2.